The Labute approximate surface area is 177 Å². The van der Waals surface area contributed by atoms with Gasteiger partial charge in [0.1, 0.15) is 0 Å². The second kappa shape index (κ2) is 8.01. The quantitative estimate of drug-likeness (QED) is 0.445. The summed E-state index contributed by atoms with van der Waals surface area (Å²) >= 11 is 3.41. The molecule has 1 N–H and O–H groups in total. The molecule has 0 bridgehead atoms. The van der Waals surface area contributed by atoms with Crippen molar-refractivity contribution in [3.05, 3.63) is 94.2 Å². The Morgan fingerprint density at radius 1 is 0.966 bits per heavy atom. The lowest BCUT2D eigenvalue weighted by Crippen LogP contribution is -2.14. The average molecular weight is 447 g/mol. The molecule has 0 saturated carbocycles. The largest absolute Gasteiger partial charge is 0.319 e. The zero-order valence-corrected chi connectivity index (χ0v) is 17.6. The third-order valence-electron chi connectivity index (χ3n) is 4.73. The van der Waals surface area contributed by atoms with E-state index in [1.54, 1.807) is 4.68 Å². The van der Waals surface area contributed by atoms with Crippen LogP contribution >= 0.6 is 15.9 Å². The van der Waals surface area contributed by atoms with Gasteiger partial charge in [0.05, 0.1) is 5.69 Å². The van der Waals surface area contributed by atoms with E-state index in [2.05, 4.69) is 44.3 Å². The fourth-order valence-corrected chi connectivity index (χ4v) is 3.47. The predicted molar refractivity (Wildman–Crippen MR) is 118 cm³/mol. The molecule has 29 heavy (non-hydrogen) atoms. The van der Waals surface area contributed by atoms with Crippen LogP contribution < -0.4 is 5.32 Å². The molecule has 0 atom stereocenters. The summed E-state index contributed by atoms with van der Waals surface area (Å²) in [5, 5.41) is 7.42. The van der Waals surface area contributed by atoms with E-state index in [1.165, 1.54) is 0 Å². The number of nitrogens with zero attached hydrogens (tertiary/aromatic N) is 3. The number of aryl methyl sites for hydroxylation is 1. The molecule has 1 amide bonds. The van der Waals surface area contributed by atoms with Crippen LogP contribution in [-0.2, 0) is 0 Å². The first kappa shape index (κ1) is 19.1. The minimum Gasteiger partial charge on any atom is -0.319 e. The first-order valence-corrected chi connectivity index (χ1v) is 9.98. The highest BCUT2D eigenvalue weighted by molar-refractivity contribution is 9.10. The van der Waals surface area contributed by atoms with Crippen LogP contribution in [0.1, 0.15) is 21.7 Å². The van der Waals surface area contributed by atoms with Gasteiger partial charge in [-0.25, -0.2) is 9.67 Å². The molecule has 0 spiro atoms. The molecule has 0 aliphatic heterocycles. The number of benzene rings is 3. The highest BCUT2D eigenvalue weighted by Gasteiger charge is 2.20. The van der Waals surface area contributed by atoms with Gasteiger partial charge in [-0.05, 0) is 49.2 Å². The fourth-order valence-electron chi connectivity index (χ4n) is 3.07. The summed E-state index contributed by atoms with van der Waals surface area (Å²) in [4.78, 5) is 17.4. The molecular formula is C23H19BrN4O. The lowest BCUT2D eigenvalue weighted by atomic mass is 10.1. The summed E-state index contributed by atoms with van der Waals surface area (Å²) in [6, 6.07) is 23.2. The highest BCUT2D eigenvalue weighted by atomic mass is 79.9. The topological polar surface area (TPSA) is 59.8 Å². The van der Waals surface area contributed by atoms with Gasteiger partial charge in [0.15, 0.2) is 5.82 Å². The van der Waals surface area contributed by atoms with E-state index in [0.29, 0.717) is 11.5 Å². The minimum atomic E-state index is -0.357. The molecule has 4 rings (SSSR count). The van der Waals surface area contributed by atoms with Crippen molar-refractivity contribution < 1.29 is 4.79 Å². The van der Waals surface area contributed by atoms with Crippen LogP contribution in [0.15, 0.2) is 77.3 Å². The fraction of sp³-hybridized carbons (Fsp3) is 0.0870. The Kier molecular flexibility index (Phi) is 5.27. The monoisotopic (exact) mass is 446 g/mol. The van der Waals surface area contributed by atoms with Crippen LogP contribution in [0.2, 0.25) is 0 Å². The maximum absolute atomic E-state index is 12.8. The van der Waals surface area contributed by atoms with Crippen molar-refractivity contribution in [1.82, 2.24) is 14.8 Å². The summed E-state index contributed by atoms with van der Waals surface area (Å²) < 4.78 is 2.63. The van der Waals surface area contributed by atoms with Crippen LogP contribution in [-0.4, -0.2) is 20.7 Å². The van der Waals surface area contributed by atoms with Crippen LogP contribution in [0.3, 0.4) is 0 Å². The third kappa shape index (κ3) is 3.98. The van der Waals surface area contributed by atoms with Gasteiger partial charge in [-0.1, -0.05) is 64.5 Å². The highest BCUT2D eigenvalue weighted by Crippen LogP contribution is 2.25. The average Bonchev–Trinajstić information content (AvgIpc) is 3.16. The molecule has 6 heteroatoms. The predicted octanol–water partition coefficient (Wildman–Crippen LogP) is 5.57. The number of carbonyl (C=O) groups excluding carboxylic acids is 1. The van der Waals surface area contributed by atoms with Crippen LogP contribution in [0.4, 0.5) is 5.69 Å². The van der Waals surface area contributed by atoms with E-state index in [4.69, 9.17) is 0 Å². The lowest BCUT2D eigenvalue weighted by molar-refractivity contribution is 0.101. The van der Waals surface area contributed by atoms with Gasteiger partial charge in [0, 0.05) is 15.7 Å². The number of aromatic nitrogens is 3. The summed E-state index contributed by atoms with van der Waals surface area (Å²) in [5.41, 5.74) is 4.71. The smallest absolute Gasteiger partial charge is 0.295 e. The lowest BCUT2D eigenvalue weighted by Gasteiger charge is -2.10. The van der Waals surface area contributed by atoms with Crippen LogP contribution in [0.25, 0.3) is 17.1 Å². The molecule has 144 valence electrons. The third-order valence-corrected chi connectivity index (χ3v) is 5.22. The van der Waals surface area contributed by atoms with Crippen LogP contribution in [0, 0.1) is 13.8 Å². The Morgan fingerprint density at radius 2 is 1.72 bits per heavy atom. The Morgan fingerprint density at radius 3 is 2.48 bits per heavy atom. The Hall–Kier alpha value is -3.25. The normalized spacial score (nSPS) is 10.7. The molecule has 0 saturated heterocycles. The van der Waals surface area contributed by atoms with E-state index in [-0.39, 0.29) is 11.7 Å². The minimum absolute atomic E-state index is 0.115. The molecule has 4 aromatic rings. The Balaban J connectivity index is 1.79. The number of anilines is 1. The maximum Gasteiger partial charge on any atom is 0.295 e. The van der Waals surface area contributed by atoms with Crippen molar-refractivity contribution in [2.75, 3.05) is 5.32 Å². The van der Waals surface area contributed by atoms with E-state index >= 15 is 0 Å². The molecule has 1 aromatic heterocycles. The molecule has 0 radical (unpaired) electrons. The number of carbonyl (C=O) groups is 1. The summed E-state index contributed by atoms with van der Waals surface area (Å²) in [7, 11) is 0. The molecule has 1 heterocycles. The second-order valence-corrected chi connectivity index (χ2v) is 7.64. The number of hydrogen-bond acceptors (Lipinski definition) is 3. The number of rotatable bonds is 4. The van der Waals surface area contributed by atoms with Crippen molar-refractivity contribution in [3.63, 3.8) is 0 Å². The summed E-state index contributed by atoms with van der Waals surface area (Å²) in [6.45, 7) is 4.10. The van der Waals surface area contributed by atoms with E-state index in [1.807, 2.05) is 73.7 Å². The maximum atomic E-state index is 12.8. The van der Waals surface area contributed by atoms with Crippen molar-refractivity contribution in [2.45, 2.75) is 13.8 Å². The number of hydrogen-bond donors (Lipinski definition) is 1. The van der Waals surface area contributed by atoms with Gasteiger partial charge in [0.25, 0.3) is 5.91 Å². The molecule has 5 nitrogen and oxygen atoms in total. The molecular weight excluding hydrogens is 428 g/mol. The van der Waals surface area contributed by atoms with Gasteiger partial charge in [-0.15, -0.1) is 5.10 Å². The van der Waals surface area contributed by atoms with Gasteiger partial charge >= 0.3 is 0 Å². The molecule has 3 aromatic carbocycles. The molecule has 0 aliphatic rings. The van der Waals surface area contributed by atoms with Crippen molar-refractivity contribution >= 4 is 27.5 Å². The number of amides is 1. The molecule has 0 fully saturated rings. The number of halogens is 1. The first-order valence-electron chi connectivity index (χ1n) is 9.19. The van der Waals surface area contributed by atoms with Gasteiger partial charge < -0.3 is 5.32 Å². The van der Waals surface area contributed by atoms with Crippen molar-refractivity contribution in [3.8, 4) is 17.1 Å². The van der Waals surface area contributed by atoms with Gasteiger partial charge in [0.2, 0.25) is 5.82 Å². The van der Waals surface area contributed by atoms with E-state index < -0.39 is 0 Å². The summed E-state index contributed by atoms with van der Waals surface area (Å²) in [5.74, 6) is 0.382. The van der Waals surface area contributed by atoms with Gasteiger partial charge in [-0.2, -0.15) is 0 Å². The first-order chi connectivity index (χ1) is 14.0. The van der Waals surface area contributed by atoms with Crippen molar-refractivity contribution in [2.24, 2.45) is 0 Å². The van der Waals surface area contributed by atoms with E-state index in [0.717, 1.165) is 26.9 Å². The van der Waals surface area contributed by atoms with Crippen molar-refractivity contribution in [1.29, 1.82) is 0 Å². The zero-order chi connectivity index (χ0) is 20.4. The van der Waals surface area contributed by atoms with Crippen LogP contribution in [0.5, 0.6) is 0 Å². The standard InChI is InChI=1S/C23H19BrN4O/c1-15-8-6-13-20(16(15)2)28-22(17-9-4-3-5-10-17)26-21(27-28)23(29)25-19-12-7-11-18(24)14-19/h3-14H,1-2H3,(H,25,29). The SMILES string of the molecule is Cc1cccc(-n2nc(C(=O)Nc3cccc(Br)c3)nc2-c2ccccc2)c1C. The summed E-state index contributed by atoms with van der Waals surface area (Å²) in [6.07, 6.45) is 0. The Bertz CT molecular complexity index is 1180. The van der Waals surface area contributed by atoms with E-state index in [9.17, 15) is 4.79 Å². The second-order valence-electron chi connectivity index (χ2n) is 6.72. The molecule has 0 unspecified atom stereocenters. The van der Waals surface area contributed by atoms with Gasteiger partial charge in [-0.3, -0.25) is 4.79 Å². The molecule has 0 aliphatic carbocycles. The zero-order valence-electron chi connectivity index (χ0n) is 16.1. The number of nitrogens with one attached hydrogen (secondary N) is 1.